The summed E-state index contributed by atoms with van der Waals surface area (Å²) in [5, 5.41) is 0. The quantitative estimate of drug-likeness (QED) is 0.546. The minimum Gasteiger partial charge on any atom is -0.375 e. The van der Waals surface area contributed by atoms with Gasteiger partial charge in [0.05, 0.1) is 5.69 Å². The van der Waals surface area contributed by atoms with Crippen LogP contribution in [0, 0.1) is 0 Å². The summed E-state index contributed by atoms with van der Waals surface area (Å²) in [5.41, 5.74) is 12.4. The average Bonchev–Trinajstić information content (AvgIpc) is 2.78. The summed E-state index contributed by atoms with van der Waals surface area (Å²) >= 11 is 0. The molecule has 3 aromatic carbocycles. The molecule has 2 N–H and O–H groups in total. The molecule has 0 radical (unpaired) electrons. The normalized spacial score (nSPS) is 13.0. The second-order valence-corrected chi connectivity index (χ2v) is 7.98. The van der Waals surface area contributed by atoms with Crippen LogP contribution in [0.5, 0.6) is 0 Å². The molecule has 1 heterocycles. The Labute approximate surface area is 179 Å². The number of anilines is 1. The number of fused-ring (bicyclic) bond motifs is 1. The van der Waals surface area contributed by atoms with Gasteiger partial charge in [-0.1, -0.05) is 60.7 Å². The van der Waals surface area contributed by atoms with Crippen molar-refractivity contribution in [3.8, 4) is 0 Å². The largest absolute Gasteiger partial charge is 0.375 e. The van der Waals surface area contributed by atoms with E-state index in [2.05, 4.69) is 101 Å². The van der Waals surface area contributed by atoms with Crippen LogP contribution >= 0.6 is 0 Å². The summed E-state index contributed by atoms with van der Waals surface area (Å²) in [4.78, 5) is 9.16. The molecule has 4 rings (SSSR count). The van der Waals surface area contributed by atoms with Gasteiger partial charge in [0.1, 0.15) is 0 Å². The number of para-hydroxylation sites is 1. The van der Waals surface area contributed by atoms with E-state index in [9.17, 15) is 0 Å². The maximum absolute atomic E-state index is 6.25. The Morgan fingerprint density at radius 1 is 0.900 bits per heavy atom. The number of rotatable bonds is 8. The number of nitrogens with zero attached hydrogens (tertiary/aromatic N) is 3. The van der Waals surface area contributed by atoms with Crippen molar-refractivity contribution in [2.24, 2.45) is 10.7 Å². The number of hydrogen-bond acceptors (Lipinski definition) is 4. The van der Waals surface area contributed by atoms with Crippen molar-refractivity contribution >= 4 is 17.3 Å². The van der Waals surface area contributed by atoms with Crippen LogP contribution in [0.1, 0.15) is 29.5 Å². The Kier molecular flexibility index (Phi) is 6.33. The van der Waals surface area contributed by atoms with Gasteiger partial charge in [0.25, 0.3) is 0 Å². The van der Waals surface area contributed by atoms with Crippen LogP contribution in [0.2, 0.25) is 0 Å². The predicted octanol–water partition coefficient (Wildman–Crippen LogP) is 4.96. The summed E-state index contributed by atoms with van der Waals surface area (Å²) in [6.45, 7) is 2.80. The molecule has 0 aliphatic carbocycles. The van der Waals surface area contributed by atoms with Crippen molar-refractivity contribution in [1.29, 1.82) is 0 Å². The highest BCUT2D eigenvalue weighted by atomic mass is 15.3. The number of aliphatic imine (C=N–C) groups is 1. The van der Waals surface area contributed by atoms with Gasteiger partial charge in [0, 0.05) is 32.4 Å². The van der Waals surface area contributed by atoms with Gasteiger partial charge in [-0.05, 0) is 54.2 Å². The fourth-order valence-corrected chi connectivity index (χ4v) is 3.95. The third-order valence-electron chi connectivity index (χ3n) is 5.68. The second kappa shape index (κ2) is 9.49. The first kappa shape index (κ1) is 20.0. The lowest BCUT2D eigenvalue weighted by Gasteiger charge is -2.29. The lowest BCUT2D eigenvalue weighted by molar-refractivity contribution is 0.390. The Morgan fingerprint density at radius 2 is 1.63 bits per heavy atom. The number of nitrogens with two attached hydrogens (primary N) is 1. The van der Waals surface area contributed by atoms with E-state index in [1.54, 1.807) is 0 Å². The van der Waals surface area contributed by atoms with Gasteiger partial charge < -0.3 is 15.5 Å². The zero-order valence-electron chi connectivity index (χ0n) is 17.7. The zero-order valence-corrected chi connectivity index (χ0v) is 17.7. The van der Waals surface area contributed by atoms with E-state index in [-0.39, 0.29) is 0 Å². The first-order valence-corrected chi connectivity index (χ1v) is 10.7. The van der Waals surface area contributed by atoms with Crippen LogP contribution in [0.3, 0.4) is 0 Å². The van der Waals surface area contributed by atoms with Gasteiger partial charge in [-0.15, -0.1) is 0 Å². The maximum atomic E-state index is 6.25. The molecule has 1 aliphatic heterocycles. The van der Waals surface area contributed by atoms with Crippen LogP contribution in [-0.2, 0) is 13.0 Å². The standard InChI is InChI=1S/C26H30N4/c1-29(24-12-6-3-7-13-24)16-8-9-17-30-20-23-19-22(14-15-25(23)28-26(30)27)18-21-10-4-2-5-11-21/h2-7,10-15,19H,8-9,16-18,20H2,1H3,(H2,27,28). The van der Waals surface area contributed by atoms with Crippen molar-refractivity contribution in [3.05, 3.63) is 95.6 Å². The van der Waals surface area contributed by atoms with Crippen LogP contribution in [0.4, 0.5) is 11.4 Å². The molecule has 0 atom stereocenters. The molecule has 0 saturated carbocycles. The molecule has 0 spiro atoms. The molecule has 0 saturated heterocycles. The highest BCUT2D eigenvalue weighted by Crippen LogP contribution is 2.27. The van der Waals surface area contributed by atoms with Crippen molar-refractivity contribution in [2.75, 3.05) is 25.0 Å². The Balaban J connectivity index is 1.32. The molecule has 154 valence electrons. The van der Waals surface area contributed by atoms with E-state index in [0.29, 0.717) is 5.96 Å². The monoisotopic (exact) mass is 398 g/mol. The van der Waals surface area contributed by atoms with Gasteiger partial charge in [0.15, 0.2) is 5.96 Å². The highest BCUT2D eigenvalue weighted by Gasteiger charge is 2.17. The first-order chi connectivity index (χ1) is 14.7. The predicted molar refractivity (Wildman–Crippen MR) is 126 cm³/mol. The molecule has 0 bridgehead atoms. The SMILES string of the molecule is CN(CCCCN1Cc2cc(Cc3ccccc3)ccc2N=C1N)c1ccccc1. The molecule has 3 aromatic rings. The fourth-order valence-electron chi connectivity index (χ4n) is 3.95. The molecule has 0 unspecified atom stereocenters. The molecular formula is C26H30N4. The van der Waals surface area contributed by atoms with Crippen molar-refractivity contribution in [1.82, 2.24) is 4.90 Å². The lowest BCUT2D eigenvalue weighted by atomic mass is 10.0. The topological polar surface area (TPSA) is 44.9 Å². The minimum absolute atomic E-state index is 0.634. The molecule has 0 amide bonds. The first-order valence-electron chi connectivity index (χ1n) is 10.7. The van der Waals surface area contributed by atoms with Gasteiger partial charge in [-0.2, -0.15) is 0 Å². The van der Waals surface area contributed by atoms with Crippen LogP contribution in [0.15, 0.2) is 83.9 Å². The lowest BCUT2D eigenvalue weighted by Crippen LogP contribution is -2.39. The number of guanidine groups is 1. The summed E-state index contributed by atoms with van der Waals surface area (Å²) < 4.78 is 0. The van der Waals surface area contributed by atoms with E-state index in [4.69, 9.17) is 5.73 Å². The molecule has 0 aromatic heterocycles. The van der Waals surface area contributed by atoms with Crippen molar-refractivity contribution < 1.29 is 0 Å². The Bertz CT molecular complexity index is 982. The van der Waals surface area contributed by atoms with E-state index < -0.39 is 0 Å². The molecule has 30 heavy (non-hydrogen) atoms. The highest BCUT2D eigenvalue weighted by molar-refractivity contribution is 5.83. The molecule has 0 fully saturated rings. The molecule has 4 nitrogen and oxygen atoms in total. The van der Waals surface area contributed by atoms with E-state index in [1.807, 2.05) is 0 Å². The van der Waals surface area contributed by atoms with E-state index in [0.717, 1.165) is 44.6 Å². The van der Waals surface area contributed by atoms with Crippen LogP contribution < -0.4 is 10.6 Å². The summed E-state index contributed by atoms with van der Waals surface area (Å²) in [5.74, 6) is 0.634. The van der Waals surface area contributed by atoms with Gasteiger partial charge in [0.2, 0.25) is 0 Å². The minimum atomic E-state index is 0.634. The Morgan fingerprint density at radius 3 is 2.40 bits per heavy atom. The number of benzene rings is 3. The van der Waals surface area contributed by atoms with Crippen molar-refractivity contribution in [2.45, 2.75) is 25.8 Å². The second-order valence-electron chi connectivity index (χ2n) is 7.98. The average molecular weight is 399 g/mol. The molecule has 4 heteroatoms. The van der Waals surface area contributed by atoms with Gasteiger partial charge in [-0.3, -0.25) is 0 Å². The van der Waals surface area contributed by atoms with Gasteiger partial charge in [-0.25, -0.2) is 4.99 Å². The number of hydrogen-bond donors (Lipinski definition) is 1. The summed E-state index contributed by atoms with van der Waals surface area (Å²) in [7, 11) is 2.15. The van der Waals surface area contributed by atoms with E-state index in [1.165, 1.54) is 22.4 Å². The summed E-state index contributed by atoms with van der Waals surface area (Å²) in [6, 6.07) is 27.7. The third kappa shape index (κ3) is 5.01. The van der Waals surface area contributed by atoms with Crippen LogP contribution in [0.25, 0.3) is 0 Å². The van der Waals surface area contributed by atoms with Gasteiger partial charge >= 0.3 is 0 Å². The third-order valence-corrected chi connectivity index (χ3v) is 5.68. The molecular weight excluding hydrogens is 368 g/mol. The van der Waals surface area contributed by atoms with E-state index >= 15 is 0 Å². The maximum Gasteiger partial charge on any atom is 0.196 e. The smallest absolute Gasteiger partial charge is 0.196 e. The van der Waals surface area contributed by atoms with Crippen molar-refractivity contribution in [3.63, 3.8) is 0 Å². The van der Waals surface area contributed by atoms with Crippen LogP contribution in [-0.4, -0.2) is 31.0 Å². The zero-order chi connectivity index (χ0) is 20.8. The number of unbranched alkanes of at least 4 members (excludes halogenated alkanes) is 1. The molecule has 1 aliphatic rings. The fraction of sp³-hybridized carbons (Fsp3) is 0.269. The summed E-state index contributed by atoms with van der Waals surface area (Å²) in [6.07, 6.45) is 3.15. The Hall–Kier alpha value is -3.27.